The van der Waals surface area contributed by atoms with Gasteiger partial charge in [-0.05, 0) is 47.8 Å². The maximum absolute atomic E-state index is 11.4. The van der Waals surface area contributed by atoms with E-state index in [1.807, 2.05) is 41.8 Å². The largest absolute Gasteiger partial charge is 0.284 e. The molecule has 8 heteroatoms. The lowest BCUT2D eigenvalue weighted by Gasteiger charge is -2.07. The molecule has 0 unspecified atom stereocenters. The summed E-state index contributed by atoms with van der Waals surface area (Å²) in [6.07, 6.45) is 0. The van der Waals surface area contributed by atoms with Gasteiger partial charge in [0, 0.05) is 11.1 Å². The van der Waals surface area contributed by atoms with Crippen LogP contribution in [0.4, 0.5) is 5.69 Å². The minimum absolute atomic E-state index is 0.0721. The number of nitrogens with two attached hydrogens (primary N) is 1. The van der Waals surface area contributed by atoms with Crippen LogP contribution >= 0.6 is 22.7 Å². The molecule has 0 fully saturated rings. The molecule has 0 spiro atoms. The maximum Gasteiger partial charge on any atom is 0.238 e. The average molecular weight is 414 g/mol. The first-order chi connectivity index (χ1) is 13.0. The minimum Gasteiger partial charge on any atom is -0.284 e. The molecule has 2 aromatic carbocycles. The lowest BCUT2D eigenvalue weighted by molar-refractivity contribution is 0.598. The highest BCUT2D eigenvalue weighted by molar-refractivity contribution is 7.89. The van der Waals surface area contributed by atoms with Crippen molar-refractivity contribution in [3.05, 3.63) is 82.3 Å². The Morgan fingerprint density at radius 3 is 2.26 bits per heavy atom. The second-order valence-electron chi connectivity index (χ2n) is 5.70. The lowest BCUT2D eigenvalue weighted by atomic mass is 10.3. The first-order valence-corrected chi connectivity index (χ1v) is 11.3. The number of aromatic nitrogens is 1. The van der Waals surface area contributed by atoms with Crippen molar-refractivity contribution in [3.63, 3.8) is 0 Å². The van der Waals surface area contributed by atoms with E-state index in [4.69, 9.17) is 10.1 Å². The van der Waals surface area contributed by atoms with E-state index in [0.717, 1.165) is 21.1 Å². The molecule has 0 saturated heterocycles. The van der Waals surface area contributed by atoms with Gasteiger partial charge in [0.05, 0.1) is 21.2 Å². The van der Waals surface area contributed by atoms with Gasteiger partial charge >= 0.3 is 0 Å². The van der Waals surface area contributed by atoms with Crippen LogP contribution in [-0.4, -0.2) is 13.0 Å². The first-order valence-electron chi connectivity index (χ1n) is 8.00. The van der Waals surface area contributed by atoms with E-state index in [0.29, 0.717) is 5.69 Å². The van der Waals surface area contributed by atoms with Gasteiger partial charge in [0.1, 0.15) is 0 Å². The zero-order chi connectivity index (χ0) is 18.9. The molecule has 0 radical (unpaired) electrons. The molecule has 2 N–H and O–H groups in total. The van der Waals surface area contributed by atoms with Crippen LogP contribution in [0.1, 0.15) is 0 Å². The first kappa shape index (κ1) is 17.9. The van der Waals surface area contributed by atoms with Crippen molar-refractivity contribution in [2.24, 2.45) is 10.1 Å². The second kappa shape index (κ2) is 7.24. The minimum atomic E-state index is -3.71. The number of hydrogen-bond donors (Lipinski definition) is 1. The van der Waals surface area contributed by atoms with Gasteiger partial charge in [-0.1, -0.05) is 24.3 Å². The summed E-state index contributed by atoms with van der Waals surface area (Å²) in [5, 5.41) is 9.28. The summed E-state index contributed by atoms with van der Waals surface area (Å²) < 4.78 is 24.9. The van der Waals surface area contributed by atoms with E-state index in [2.05, 4.69) is 16.0 Å². The highest BCUT2D eigenvalue weighted by Gasteiger charge is 2.11. The topological polar surface area (TPSA) is 77.5 Å². The number of benzene rings is 2. The fraction of sp³-hybridized carbons (Fsp3) is 0. The fourth-order valence-electron chi connectivity index (χ4n) is 2.63. The van der Waals surface area contributed by atoms with Crippen molar-refractivity contribution in [1.29, 1.82) is 0 Å². The Morgan fingerprint density at radius 1 is 0.889 bits per heavy atom. The zero-order valence-corrected chi connectivity index (χ0v) is 16.5. The van der Waals surface area contributed by atoms with E-state index in [1.54, 1.807) is 23.5 Å². The van der Waals surface area contributed by atoms with Gasteiger partial charge in [0.15, 0.2) is 4.80 Å². The Hall–Kier alpha value is -2.52. The van der Waals surface area contributed by atoms with Gasteiger partial charge < -0.3 is 0 Å². The number of thiophene rings is 1. The summed E-state index contributed by atoms with van der Waals surface area (Å²) in [7, 11) is -3.71. The Labute approximate surface area is 164 Å². The van der Waals surface area contributed by atoms with Crippen LogP contribution in [0.5, 0.6) is 0 Å². The summed E-state index contributed by atoms with van der Waals surface area (Å²) in [6, 6.07) is 20.4. The molecule has 0 aliphatic heterocycles. The summed E-state index contributed by atoms with van der Waals surface area (Å²) in [4.78, 5) is 6.75. The Bertz CT molecular complexity index is 1220. The highest BCUT2D eigenvalue weighted by atomic mass is 32.2. The third kappa shape index (κ3) is 3.79. The van der Waals surface area contributed by atoms with E-state index in [-0.39, 0.29) is 4.90 Å². The van der Waals surface area contributed by atoms with Crippen LogP contribution in [0.3, 0.4) is 0 Å². The smallest absolute Gasteiger partial charge is 0.238 e. The van der Waals surface area contributed by atoms with Gasteiger partial charge in [0.2, 0.25) is 10.0 Å². The summed E-state index contributed by atoms with van der Waals surface area (Å²) in [5.41, 5.74) is 2.75. The van der Waals surface area contributed by atoms with E-state index in [9.17, 15) is 8.42 Å². The molecule has 2 heterocycles. The quantitative estimate of drug-likeness (QED) is 0.546. The highest BCUT2D eigenvalue weighted by Crippen LogP contribution is 2.28. The molecule has 5 nitrogen and oxygen atoms in total. The third-order valence-corrected chi connectivity index (χ3v) is 6.53. The van der Waals surface area contributed by atoms with E-state index < -0.39 is 10.0 Å². The Kier molecular flexibility index (Phi) is 4.79. The maximum atomic E-state index is 11.4. The number of primary sulfonamides is 1. The predicted molar refractivity (Wildman–Crippen MR) is 110 cm³/mol. The average Bonchev–Trinajstić information content (AvgIpc) is 3.32. The van der Waals surface area contributed by atoms with E-state index in [1.165, 1.54) is 23.5 Å². The van der Waals surface area contributed by atoms with Crippen molar-refractivity contribution in [2.45, 2.75) is 4.90 Å². The van der Waals surface area contributed by atoms with Gasteiger partial charge in [-0.25, -0.2) is 18.5 Å². The molecule has 0 aliphatic carbocycles. The number of para-hydroxylation sites is 1. The monoisotopic (exact) mass is 413 g/mol. The van der Waals surface area contributed by atoms with Crippen LogP contribution in [0, 0.1) is 0 Å². The molecule has 27 heavy (non-hydrogen) atoms. The molecule has 136 valence electrons. The number of sulfonamides is 1. The molecular formula is C19H15N3O2S3. The number of hydrogen-bond acceptors (Lipinski definition) is 5. The summed E-state index contributed by atoms with van der Waals surface area (Å²) >= 11 is 3.21. The van der Waals surface area contributed by atoms with Crippen LogP contribution in [0.2, 0.25) is 0 Å². The van der Waals surface area contributed by atoms with Gasteiger partial charge in [-0.2, -0.15) is 0 Å². The molecule has 0 atom stereocenters. The number of rotatable bonds is 4. The molecule has 0 aliphatic rings. The van der Waals surface area contributed by atoms with Crippen molar-refractivity contribution < 1.29 is 8.42 Å². The molecule has 0 bridgehead atoms. The molecule has 0 amide bonds. The van der Waals surface area contributed by atoms with Crippen LogP contribution < -0.4 is 9.94 Å². The van der Waals surface area contributed by atoms with Crippen LogP contribution in [0.15, 0.2) is 87.4 Å². The van der Waals surface area contributed by atoms with Gasteiger partial charge in [-0.15, -0.1) is 22.7 Å². The van der Waals surface area contributed by atoms with Crippen molar-refractivity contribution in [3.8, 4) is 16.3 Å². The second-order valence-corrected chi connectivity index (χ2v) is 9.05. The van der Waals surface area contributed by atoms with Crippen molar-refractivity contribution in [1.82, 2.24) is 4.57 Å². The van der Waals surface area contributed by atoms with E-state index >= 15 is 0 Å². The lowest BCUT2D eigenvalue weighted by Crippen LogP contribution is -2.13. The summed E-state index contributed by atoms with van der Waals surface area (Å²) in [6.45, 7) is 0. The molecule has 2 aromatic heterocycles. The predicted octanol–water partition coefficient (Wildman–Crippen LogP) is 4.15. The Morgan fingerprint density at radius 2 is 1.63 bits per heavy atom. The standard InChI is InChI=1S/C19H15N3O2S3/c20-27(23,24)16-10-8-14(9-11-16)21-19-22(15-5-2-1-3-6-15)17(13-26-19)18-7-4-12-25-18/h1-13H,(H2,20,23,24). The van der Waals surface area contributed by atoms with Gasteiger partial charge in [-0.3, -0.25) is 4.57 Å². The third-order valence-electron chi connectivity index (χ3n) is 3.89. The SMILES string of the molecule is NS(=O)(=O)c1ccc(N=c2scc(-c3cccs3)n2-c2ccccc2)cc1. The number of nitrogens with zero attached hydrogens (tertiary/aromatic N) is 2. The fourth-order valence-corrected chi connectivity index (χ4v) is 4.87. The molecule has 4 rings (SSSR count). The normalized spacial score (nSPS) is 12.4. The van der Waals surface area contributed by atoms with Crippen molar-refractivity contribution >= 4 is 38.4 Å². The zero-order valence-electron chi connectivity index (χ0n) is 14.0. The number of thiazole rings is 1. The van der Waals surface area contributed by atoms with Gasteiger partial charge in [0.25, 0.3) is 0 Å². The summed E-state index contributed by atoms with van der Waals surface area (Å²) in [5.74, 6) is 0. The van der Waals surface area contributed by atoms with Crippen LogP contribution in [0.25, 0.3) is 16.3 Å². The molecular weight excluding hydrogens is 398 g/mol. The van der Waals surface area contributed by atoms with Crippen LogP contribution in [-0.2, 0) is 10.0 Å². The van der Waals surface area contributed by atoms with Crippen molar-refractivity contribution in [2.75, 3.05) is 0 Å². The Balaban J connectivity index is 1.87. The molecule has 4 aromatic rings. The molecule has 0 saturated carbocycles.